The van der Waals surface area contributed by atoms with Gasteiger partial charge in [-0.3, -0.25) is 14.3 Å². The van der Waals surface area contributed by atoms with E-state index in [1.54, 1.807) is 17.1 Å². The smallest absolute Gasteiger partial charge is 0.267 e. The number of aromatic nitrogens is 5. The fraction of sp³-hybridized carbons (Fsp3) is 0.389. The van der Waals surface area contributed by atoms with Gasteiger partial charge in [0.25, 0.3) is 11.8 Å². The van der Waals surface area contributed by atoms with Crippen LogP contribution in [-0.2, 0) is 11.3 Å². The van der Waals surface area contributed by atoms with E-state index in [0.29, 0.717) is 23.4 Å². The molecule has 2 N–H and O–H groups in total. The first-order valence-corrected chi connectivity index (χ1v) is 9.17. The number of aryl methyl sites for hydroxylation is 1. The van der Waals surface area contributed by atoms with E-state index in [9.17, 15) is 18.4 Å². The summed E-state index contributed by atoms with van der Waals surface area (Å²) in [5.74, 6) is -3.95. The number of hydrogen-bond acceptors (Lipinski definition) is 5. The number of hydrogen-bond donors (Lipinski definition) is 2. The molecule has 9 nitrogen and oxygen atoms in total. The molecule has 152 valence electrons. The third-order valence-corrected chi connectivity index (χ3v) is 4.80. The van der Waals surface area contributed by atoms with Crippen LogP contribution in [0.5, 0.6) is 0 Å². The van der Waals surface area contributed by atoms with Crippen LogP contribution >= 0.6 is 0 Å². The molecule has 4 rings (SSSR count). The molecule has 1 saturated heterocycles. The second kappa shape index (κ2) is 7.22. The van der Waals surface area contributed by atoms with E-state index in [2.05, 4.69) is 25.4 Å². The van der Waals surface area contributed by atoms with Gasteiger partial charge in [-0.25, -0.2) is 18.7 Å². The minimum atomic E-state index is -2.87. The molecule has 3 aromatic heterocycles. The molecule has 0 unspecified atom stereocenters. The van der Waals surface area contributed by atoms with E-state index in [-0.39, 0.29) is 25.1 Å². The number of aromatic amines is 1. The van der Waals surface area contributed by atoms with Crippen molar-refractivity contribution in [1.29, 1.82) is 0 Å². The number of rotatable bonds is 5. The lowest BCUT2D eigenvalue weighted by Crippen LogP contribution is -2.40. The van der Waals surface area contributed by atoms with Gasteiger partial charge in [0.15, 0.2) is 5.65 Å². The van der Waals surface area contributed by atoms with Crippen molar-refractivity contribution in [3.05, 3.63) is 30.4 Å². The van der Waals surface area contributed by atoms with Crippen LogP contribution in [0.4, 0.5) is 8.78 Å². The summed E-state index contributed by atoms with van der Waals surface area (Å²) < 4.78 is 28.2. The molecule has 0 spiro atoms. The quantitative estimate of drug-likeness (QED) is 0.670. The molecule has 0 aromatic carbocycles. The van der Waals surface area contributed by atoms with Crippen LogP contribution in [-0.4, -0.2) is 67.0 Å². The number of H-pyrrole nitrogens is 1. The zero-order valence-electron chi connectivity index (χ0n) is 15.7. The van der Waals surface area contributed by atoms with Crippen LogP contribution in [0.15, 0.2) is 24.8 Å². The summed E-state index contributed by atoms with van der Waals surface area (Å²) >= 11 is 0. The lowest BCUT2D eigenvalue weighted by Gasteiger charge is -2.16. The number of fused-ring (bicyclic) bond motifs is 1. The molecule has 11 heteroatoms. The molecule has 0 atom stereocenters. The Morgan fingerprint density at radius 3 is 2.86 bits per heavy atom. The minimum absolute atomic E-state index is 0.0188. The minimum Gasteiger partial charge on any atom is -0.344 e. The van der Waals surface area contributed by atoms with Crippen molar-refractivity contribution < 1.29 is 18.4 Å². The van der Waals surface area contributed by atoms with E-state index in [0.717, 1.165) is 10.5 Å². The molecule has 29 heavy (non-hydrogen) atoms. The van der Waals surface area contributed by atoms with Crippen molar-refractivity contribution in [3.63, 3.8) is 0 Å². The maximum Gasteiger partial charge on any atom is 0.267 e. The highest BCUT2D eigenvalue weighted by Gasteiger charge is 2.40. The van der Waals surface area contributed by atoms with E-state index >= 15 is 0 Å². The molecular weight excluding hydrogens is 384 g/mol. The fourth-order valence-electron chi connectivity index (χ4n) is 3.18. The van der Waals surface area contributed by atoms with Gasteiger partial charge in [0.2, 0.25) is 5.91 Å². The average molecular weight is 403 g/mol. The van der Waals surface area contributed by atoms with Crippen molar-refractivity contribution in [3.8, 4) is 11.3 Å². The molecule has 0 saturated carbocycles. The Labute approximate surface area is 164 Å². The van der Waals surface area contributed by atoms with Gasteiger partial charge in [-0.2, -0.15) is 5.10 Å². The van der Waals surface area contributed by atoms with Crippen LogP contribution < -0.4 is 5.32 Å². The molecule has 4 heterocycles. The van der Waals surface area contributed by atoms with Crippen molar-refractivity contribution >= 4 is 23.0 Å². The number of nitrogens with zero attached hydrogens (tertiary/aromatic N) is 5. The van der Waals surface area contributed by atoms with Crippen LogP contribution in [0.2, 0.25) is 0 Å². The number of likely N-dealkylation sites (tertiary alicyclic amines) is 1. The first-order valence-electron chi connectivity index (χ1n) is 9.17. The Morgan fingerprint density at radius 1 is 1.34 bits per heavy atom. The van der Waals surface area contributed by atoms with Gasteiger partial charge in [0, 0.05) is 37.5 Å². The first-order chi connectivity index (χ1) is 13.9. The van der Waals surface area contributed by atoms with Gasteiger partial charge in [-0.15, -0.1) is 0 Å². The number of carbonyl (C=O) groups excluding carboxylic acids is 2. The van der Waals surface area contributed by atoms with Gasteiger partial charge in [-0.1, -0.05) is 0 Å². The summed E-state index contributed by atoms with van der Waals surface area (Å²) in [7, 11) is 0. The Hall–Kier alpha value is -3.37. The lowest BCUT2D eigenvalue weighted by molar-refractivity contribution is -0.130. The summed E-state index contributed by atoms with van der Waals surface area (Å²) in [6.07, 6.45) is 6.16. The summed E-state index contributed by atoms with van der Waals surface area (Å²) in [5.41, 5.74) is 2.31. The summed E-state index contributed by atoms with van der Waals surface area (Å²) in [6, 6.07) is 0. The number of alkyl halides is 2. The molecule has 1 fully saturated rings. The molecule has 0 bridgehead atoms. The SMILES string of the molecule is CCn1cc(-c2cnc3[nH]cc(C(=O)NCC(=O)N4CCC(F)(F)C4)c3n2)cn1. The third kappa shape index (κ3) is 3.80. The molecular formula is C18H19F2N7O2. The zero-order valence-corrected chi connectivity index (χ0v) is 15.7. The number of nitrogens with one attached hydrogen (secondary N) is 2. The predicted octanol–water partition coefficient (Wildman–Crippen LogP) is 1.44. The highest BCUT2D eigenvalue weighted by atomic mass is 19.3. The van der Waals surface area contributed by atoms with E-state index in [1.165, 1.54) is 6.20 Å². The van der Waals surface area contributed by atoms with Gasteiger partial charge in [0.05, 0.1) is 36.7 Å². The second-order valence-corrected chi connectivity index (χ2v) is 6.84. The highest BCUT2D eigenvalue weighted by Crippen LogP contribution is 2.26. The van der Waals surface area contributed by atoms with Gasteiger partial charge >= 0.3 is 0 Å². The van der Waals surface area contributed by atoms with Gasteiger partial charge in [0.1, 0.15) is 5.52 Å². The second-order valence-electron chi connectivity index (χ2n) is 6.84. The normalized spacial score (nSPS) is 15.8. The first kappa shape index (κ1) is 19.0. The van der Waals surface area contributed by atoms with E-state index in [1.807, 2.05) is 13.1 Å². The Kier molecular flexibility index (Phi) is 4.73. The maximum absolute atomic E-state index is 13.2. The zero-order chi connectivity index (χ0) is 20.6. The lowest BCUT2D eigenvalue weighted by atomic mass is 10.2. The van der Waals surface area contributed by atoms with Crippen molar-refractivity contribution in [2.75, 3.05) is 19.6 Å². The number of amides is 2. The van der Waals surface area contributed by atoms with Crippen molar-refractivity contribution in [2.24, 2.45) is 0 Å². The van der Waals surface area contributed by atoms with Crippen LogP contribution in [0, 0.1) is 0 Å². The van der Waals surface area contributed by atoms with E-state index in [4.69, 9.17) is 0 Å². The van der Waals surface area contributed by atoms with Crippen LogP contribution in [0.3, 0.4) is 0 Å². The Bertz CT molecular complexity index is 1080. The fourth-order valence-corrected chi connectivity index (χ4v) is 3.18. The standard InChI is InChI=1S/C18H19F2N7O2/c1-2-27-9-11(5-24-27)13-7-22-16-15(25-13)12(6-21-16)17(29)23-8-14(28)26-4-3-18(19,20)10-26/h5-7,9H,2-4,8,10H2,1H3,(H,21,22)(H,23,29). The van der Waals surface area contributed by atoms with Gasteiger partial charge in [-0.05, 0) is 6.92 Å². The number of halogens is 2. The average Bonchev–Trinajstić information content (AvgIpc) is 3.42. The molecule has 0 radical (unpaired) electrons. The molecule has 2 amide bonds. The number of carbonyl (C=O) groups is 2. The highest BCUT2D eigenvalue weighted by molar-refractivity contribution is 6.05. The van der Waals surface area contributed by atoms with Crippen molar-refractivity contribution in [2.45, 2.75) is 25.8 Å². The maximum atomic E-state index is 13.2. The summed E-state index contributed by atoms with van der Waals surface area (Å²) in [6.45, 7) is 1.68. The predicted molar refractivity (Wildman–Crippen MR) is 99.3 cm³/mol. The topological polar surface area (TPSA) is 109 Å². The largest absolute Gasteiger partial charge is 0.344 e. The summed E-state index contributed by atoms with van der Waals surface area (Å²) in [5, 5.41) is 6.67. The van der Waals surface area contributed by atoms with Crippen LogP contribution in [0.1, 0.15) is 23.7 Å². The monoisotopic (exact) mass is 403 g/mol. The summed E-state index contributed by atoms with van der Waals surface area (Å²) in [4.78, 5) is 37.3. The van der Waals surface area contributed by atoms with E-state index < -0.39 is 24.3 Å². The molecule has 1 aliphatic rings. The Balaban J connectivity index is 1.49. The molecule has 1 aliphatic heterocycles. The van der Waals surface area contributed by atoms with Crippen molar-refractivity contribution in [1.82, 2.24) is 34.9 Å². The van der Waals surface area contributed by atoms with Gasteiger partial charge < -0.3 is 15.2 Å². The Morgan fingerprint density at radius 2 is 2.17 bits per heavy atom. The van der Waals surface area contributed by atoms with Crippen LogP contribution in [0.25, 0.3) is 22.4 Å². The molecule has 0 aliphatic carbocycles. The molecule has 3 aromatic rings. The third-order valence-electron chi connectivity index (χ3n) is 4.80.